The van der Waals surface area contributed by atoms with Crippen LogP contribution in [-0.2, 0) is 26.0 Å². The lowest BCUT2D eigenvalue weighted by Crippen LogP contribution is -2.54. The lowest BCUT2D eigenvalue weighted by atomic mass is 10.1. The molecule has 0 aromatic heterocycles. The van der Waals surface area contributed by atoms with E-state index in [0.29, 0.717) is 24.3 Å². The fraction of sp³-hybridized carbons (Fsp3) is 0.375. The van der Waals surface area contributed by atoms with Crippen LogP contribution < -0.4 is 14.4 Å². The van der Waals surface area contributed by atoms with Crippen molar-refractivity contribution >= 4 is 27.5 Å². The lowest BCUT2D eigenvalue weighted by Gasteiger charge is -2.33. The van der Waals surface area contributed by atoms with E-state index in [-0.39, 0.29) is 23.4 Å². The van der Waals surface area contributed by atoms with Crippen LogP contribution in [0.15, 0.2) is 89.8 Å². The number of ether oxygens (including phenoxy) is 1. The zero-order chi connectivity index (χ0) is 29.2. The van der Waals surface area contributed by atoms with Crippen LogP contribution in [0, 0.1) is 0 Å². The maximum atomic E-state index is 14.1. The third-order valence-electron chi connectivity index (χ3n) is 7.52. The Morgan fingerprint density at radius 1 is 0.951 bits per heavy atom. The number of benzene rings is 3. The van der Waals surface area contributed by atoms with Gasteiger partial charge in [-0.25, -0.2) is 8.42 Å². The van der Waals surface area contributed by atoms with Gasteiger partial charge in [-0.05, 0) is 55.5 Å². The first-order chi connectivity index (χ1) is 19.8. The van der Waals surface area contributed by atoms with Gasteiger partial charge in [-0.2, -0.15) is 0 Å². The molecule has 0 saturated heterocycles. The van der Waals surface area contributed by atoms with E-state index in [9.17, 15) is 18.0 Å². The van der Waals surface area contributed by atoms with Gasteiger partial charge in [-0.15, -0.1) is 0 Å². The van der Waals surface area contributed by atoms with E-state index in [1.807, 2.05) is 37.3 Å². The molecule has 2 amide bonds. The summed E-state index contributed by atoms with van der Waals surface area (Å²) in [5.41, 5.74) is 1.32. The smallest absolute Gasteiger partial charge is 0.264 e. The van der Waals surface area contributed by atoms with Gasteiger partial charge in [0.15, 0.2) is 0 Å². The number of rotatable bonds is 13. The van der Waals surface area contributed by atoms with Gasteiger partial charge in [0.05, 0.1) is 17.7 Å². The molecule has 0 aliphatic heterocycles. The molecule has 0 unspecified atom stereocenters. The number of nitrogens with zero attached hydrogens (tertiary/aromatic N) is 2. The minimum absolute atomic E-state index is 0.0671. The molecule has 1 aliphatic carbocycles. The van der Waals surface area contributed by atoms with Crippen molar-refractivity contribution in [3.05, 3.63) is 90.5 Å². The van der Waals surface area contributed by atoms with Crippen LogP contribution in [0.4, 0.5) is 5.69 Å². The van der Waals surface area contributed by atoms with Crippen molar-refractivity contribution in [2.24, 2.45) is 0 Å². The largest absolute Gasteiger partial charge is 0.497 e. The summed E-state index contributed by atoms with van der Waals surface area (Å²) in [5, 5.41) is 3.14. The average molecular weight is 578 g/mol. The summed E-state index contributed by atoms with van der Waals surface area (Å²) in [6, 6.07) is 23.8. The molecule has 1 atom stereocenters. The normalized spacial score (nSPS) is 14.3. The first-order valence-corrected chi connectivity index (χ1v) is 15.6. The standard InChI is InChI=1S/C32H39N3O5S/c1-3-30(32(37)33-26-15-10-11-16-26)34(22-21-25-13-6-4-7-14-25)31(36)24-35(27-17-12-18-28(23-27)40-2)41(38,39)29-19-8-5-9-20-29/h4-9,12-14,17-20,23,26,30H,3,10-11,15-16,21-22,24H2,1-2H3,(H,33,37)/t30-/m0/s1. The monoisotopic (exact) mass is 577 g/mol. The van der Waals surface area contributed by atoms with Gasteiger partial charge < -0.3 is 15.0 Å². The van der Waals surface area contributed by atoms with Crippen LogP contribution in [0.1, 0.15) is 44.6 Å². The van der Waals surface area contributed by atoms with Crippen LogP contribution >= 0.6 is 0 Å². The second-order valence-electron chi connectivity index (χ2n) is 10.3. The molecular weight excluding hydrogens is 538 g/mol. The molecule has 1 aliphatic rings. The maximum absolute atomic E-state index is 14.1. The highest BCUT2D eigenvalue weighted by Crippen LogP contribution is 2.27. The van der Waals surface area contributed by atoms with Crippen LogP contribution in [0.3, 0.4) is 0 Å². The fourth-order valence-corrected chi connectivity index (χ4v) is 6.70. The Hall–Kier alpha value is -3.85. The highest BCUT2D eigenvalue weighted by Gasteiger charge is 2.34. The molecular formula is C32H39N3O5S. The zero-order valence-electron chi connectivity index (χ0n) is 23.7. The fourth-order valence-electron chi connectivity index (χ4n) is 5.28. The van der Waals surface area contributed by atoms with E-state index in [4.69, 9.17) is 4.74 Å². The highest BCUT2D eigenvalue weighted by atomic mass is 32.2. The zero-order valence-corrected chi connectivity index (χ0v) is 24.6. The minimum atomic E-state index is -4.12. The number of sulfonamides is 1. The van der Waals surface area contributed by atoms with Crippen molar-refractivity contribution in [1.29, 1.82) is 0 Å². The Kier molecular flexibility index (Phi) is 10.4. The number of amides is 2. The molecule has 0 bridgehead atoms. The highest BCUT2D eigenvalue weighted by molar-refractivity contribution is 7.92. The topological polar surface area (TPSA) is 96.0 Å². The quantitative estimate of drug-likeness (QED) is 0.315. The summed E-state index contributed by atoms with van der Waals surface area (Å²) >= 11 is 0. The van der Waals surface area contributed by atoms with Crippen molar-refractivity contribution in [2.45, 2.75) is 62.4 Å². The second kappa shape index (κ2) is 14.2. The van der Waals surface area contributed by atoms with Crippen molar-refractivity contribution in [3.63, 3.8) is 0 Å². The summed E-state index contributed by atoms with van der Waals surface area (Å²) in [5.74, 6) is -0.178. The maximum Gasteiger partial charge on any atom is 0.264 e. The molecule has 0 radical (unpaired) electrons. The Bertz CT molecular complexity index is 1390. The molecule has 3 aromatic rings. The van der Waals surface area contributed by atoms with E-state index in [0.717, 1.165) is 35.6 Å². The van der Waals surface area contributed by atoms with E-state index < -0.39 is 28.5 Å². The molecule has 9 heteroatoms. The molecule has 1 saturated carbocycles. The second-order valence-corrected chi connectivity index (χ2v) is 12.1. The van der Waals surface area contributed by atoms with Crippen molar-refractivity contribution in [1.82, 2.24) is 10.2 Å². The number of hydrogen-bond acceptors (Lipinski definition) is 5. The molecule has 4 rings (SSSR count). The van der Waals surface area contributed by atoms with E-state index in [1.54, 1.807) is 47.4 Å². The Balaban J connectivity index is 1.67. The van der Waals surface area contributed by atoms with E-state index >= 15 is 0 Å². The SMILES string of the molecule is CC[C@@H](C(=O)NC1CCCC1)N(CCc1ccccc1)C(=O)CN(c1cccc(OC)c1)S(=O)(=O)c1ccccc1. The number of carbonyl (C=O) groups excluding carboxylic acids is 2. The van der Waals surface area contributed by atoms with Crippen LogP contribution in [0.25, 0.3) is 0 Å². The molecule has 218 valence electrons. The number of nitrogens with one attached hydrogen (secondary N) is 1. The third kappa shape index (κ3) is 7.67. The number of carbonyl (C=O) groups is 2. The molecule has 8 nitrogen and oxygen atoms in total. The van der Waals surface area contributed by atoms with Crippen molar-refractivity contribution in [3.8, 4) is 5.75 Å². The minimum Gasteiger partial charge on any atom is -0.497 e. The Morgan fingerprint density at radius 2 is 1.61 bits per heavy atom. The van der Waals surface area contributed by atoms with Gasteiger partial charge in [0.1, 0.15) is 18.3 Å². The van der Waals surface area contributed by atoms with Crippen LogP contribution in [-0.4, -0.2) is 57.4 Å². The van der Waals surface area contributed by atoms with Gasteiger partial charge in [0, 0.05) is 18.7 Å². The summed E-state index contributed by atoms with van der Waals surface area (Å²) in [7, 11) is -2.62. The van der Waals surface area contributed by atoms with Gasteiger partial charge >= 0.3 is 0 Å². The first-order valence-electron chi connectivity index (χ1n) is 14.2. The van der Waals surface area contributed by atoms with Gasteiger partial charge in [0.25, 0.3) is 10.0 Å². The number of hydrogen-bond donors (Lipinski definition) is 1. The summed E-state index contributed by atoms with van der Waals surface area (Å²) in [6.07, 6.45) is 4.95. The van der Waals surface area contributed by atoms with Crippen LogP contribution in [0.5, 0.6) is 5.75 Å². The van der Waals surface area contributed by atoms with Gasteiger partial charge in [-0.3, -0.25) is 13.9 Å². The predicted octanol–water partition coefficient (Wildman–Crippen LogP) is 4.80. The summed E-state index contributed by atoms with van der Waals surface area (Å²) in [6.45, 7) is 1.69. The molecule has 41 heavy (non-hydrogen) atoms. The van der Waals surface area contributed by atoms with Gasteiger partial charge in [0.2, 0.25) is 11.8 Å². The Labute approximate surface area is 243 Å². The predicted molar refractivity (Wildman–Crippen MR) is 160 cm³/mol. The van der Waals surface area contributed by atoms with Crippen LogP contribution in [0.2, 0.25) is 0 Å². The first kappa shape index (κ1) is 30.1. The number of anilines is 1. The van der Waals surface area contributed by atoms with E-state index in [2.05, 4.69) is 5.32 Å². The van der Waals surface area contributed by atoms with Crippen molar-refractivity contribution in [2.75, 3.05) is 24.5 Å². The Morgan fingerprint density at radius 3 is 2.24 bits per heavy atom. The number of methoxy groups -OCH3 is 1. The lowest BCUT2D eigenvalue weighted by molar-refractivity contribution is -0.139. The third-order valence-corrected chi connectivity index (χ3v) is 9.31. The molecule has 0 heterocycles. The van der Waals surface area contributed by atoms with Gasteiger partial charge in [-0.1, -0.05) is 74.4 Å². The molecule has 1 N–H and O–H groups in total. The van der Waals surface area contributed by atoms with E-state index in [1.165, 1.54) is 19.2 Å². The summed E-state index contributed by atoms with van der Waals surface area (Å²) < 4.78 is 34.3. The van der Waals surface area contributed by atoms with Crippen molar-refractivity contribution < 1.29 is 22.7 Å². The summed E-state index contributed by atoms with van der Waals surface area (Å²) in [4.78, 5) is 29.2. The average Bonchev–Trinajstić information content (AvgIpc) is 3.51. The molecule has 0 spiro atoms. The molecule has 1 fully saturated rings. The molecule has 3 aromatic carbocycles.